The van der Waals surface area contributed by atoms with Gasteiger partial charge in [0.25, 0.3) is 0 Å². The van der Waals surface area contributed by atoms with E-state index >= 15 is 0 Å². The lowest BCUT2D eigenvalue weighted by atomic mass is 10.1. The summed E-state index contributed by atoms with van der Waals surface area (Å²) in [4.78, 5) is 13.3. The topological polar surface area (TPSA) is 44.4 Å². The minimum absolute atomic E-state index is 0.0650. The zero-order valence-electron chi connectivity index (χ0n) is 10.8. The van der Waals surface area contributed by atoms with Crippen LogP contribution in [-0.2, 0) is 4.79 Å². The summed E-state index contributed by atoms with van der Waals surface area (Å²) in [6.45, 7) is 9.94. The molecule has 16 heavy (non-hydrogen) atoms. The molecule has 94 valence electrons. The molecule has 4 heteroatoms. The maximum atomic E-state index is 10.8. The molecule has 0 bridgehead atoms. The molecular formula is C12H25N3O. The summed E-state index contributed by atoms with van der Waals surface area (Å²) in [6, 6.07) is 1.23. The van der Waals surface area contributed by atoms with Gasteiger partial charge in [0.1, 0.15) is 0 Å². The smallest absolute Gasteiger partial charge is 0.216 e. The second-order valence-corrected chi connectivity index (χ2v) is 4.55. The van der Waals surface area contributed by atoms with E-state index in [1.54, 1.807) is 6.92 Å². The van der Waals surface area contributed by atoms with Gasteiger partial charge in [-0.3, -0.25) is 9.69 Å². The molecule has 0 saturated carbocycles. The molecule has 2 atom stereocenters. The molecule has 0 spiro atoms. The van der Waals surface area contributed by atoms with Gasteiger partial charge in [-0.2, -0.15) is 0 Å². The Morgan fingerprint density at radius 1 is 1.44 bits per heavy atom. The number of carbonyl (C=O) groups excluding carboxylic acids is 1. The largest absolute Gasteiger partial charge is 0.355 e. The highest BCUT2D eigenvalue weighted by molar-refractivity contribution is 5.72. The predicted molar refractivity (Wildman–Crippen MR) is 66.4 cm³/mol. The zero-order chi connectivity index (χ0) is 12.0. The molecule has 0 aromatic carbocycles. The van der Waals surface area contributed by atoms with Gasteiger partial charge in [0.05, 0.1) is 0 Å². The summed E-state index contributed by atoms with van der Waals surface area (Å²) in [5.41, 5.74) is 0. The Hall–Kier alpha value is -0.610. The molecule has 1 aliphatic rings. The van der Waals surface area contributed by atoms with Crippen molar-refractivity contribution in [3.63, 3.8) is 0 Å². The normalized spacial score (nSPS) is 26.7. The lowest BCUT2D eigenvalue weighted by molar-refractivity contribution is -0.119. The summed E-state index contributed by atoms with van der Waals surface area (Å²) in [6.07, 6.45) is 2.34. The van der Waals surface area contributed by atoms with Gasteiger partial charge in [0.15, 0.2) is 0 Å². The van der Waals surface area contributed by atoms with E-state index in [-0.39, 0.29) is 5.91 Å². The van der Waals surface area contributed by atoms with Crippen molar-refractivity contribution in [3.8, 4) is 0 Å². The molecule has 0 aromatic heterocycles. The van der Waals surface area contributed by atoms with E-state index in [0.717, 1.165) is 26.2 Å². The number of rotatable bonds is 5. The first kappa shape index (κ1) is 13.5. The van der Waals surface area contributed by atoms with Gasteiger partial charge in [0, 0.05) is 45.2 Å². The van der Waals surface area contributed by atoms with Crippen molar-refractivity contribution in [2.75, 3.05) is 26.2 Å². The molecule has 1 heterocycles. The van der Waals surface area contributed by atoms with E-state index in [0.29, 0.717) is 12.1 Å². The quantitative estimate of drug-likeness (QED) is 0.722. The molecule has 4 nitrogen and oxygen atoms in total. The monoisotopic (exact) mass is 227 g/mol. The van der Waals surface area contributed by atoms with Crippen LogP contribution in [0.3, 0.4) is 0 Å². The van der Waals surface area contributed by atoms with Gasteiger partial charge < -0.3 is 10.6 Å². The Morgan fingerprint density at radius 2 is 2.19 bits per heavy atom. The average molecular weight is 227 g/mol. The standard InChI is InChI=1S/C12H25N3O/c1-4-11-9-15(7-6-13-10(3)16)12(5-2)8-14-11/h11-12,14H,4-9H2,1-3H3,(H,13,16). The molecule has 0 aliphatic carbocycles. The molecule has 1 saturated heterocycles. The van der Waals surface area contributed by atoms with Crippen molar-refractivity contribution < 1.29 is 4.79 Å². The fourth-order valence-corrected chi connectivity index (χ4v) is 2.25. The Bertz CT molecular complexity index is 220. The van der Waals surface area contributed by atoms with Gasteiger partial charge >= 0.3 is 0 Å². The number of amides is 1. The third-order valence-corrected chi connectivity index (χ3v) is 3.35. The number of nitrogens with zero attached hydrogens (tertiary/aromatic N) is 1. The van der Waals surface area contributed by atoms with Crippen LogP contribution in [0.4, 0.5) is 0 Å². The van der Waals surface area contributed by atoms with Crippen molar-refractivity contribution >= 4 is 5.91 Å². The van der Waals surface area contributed by atoms with Gasteiger partial charge in [-0.15, -0.1) is 0 Å². The minimum atomic E-state index is 0.0650. The molecule has 2 unspecified atom stereocenters. The Labute approximate surface area is 98.8 Å². The maximum Gasteiger partial charge on any atom is 0.216 e. The lowest BCUT2D eigenvalue weighted by Gasteiger charge is -2.40. The fraction of sp³-hybridized carbons (Fsp3) is 0.917. The highest BCUT2D eigenvalue weighted by Crippen LogP contribution is 2.11. The van der Waals surface area contributed by atoms with Gasteiger partial charge in [-0.1, -0.05) is 13.8 Å². The van der Waals surface area contributed by atoms with Crippen LogP contribution in [0.5, 0.6) is 0 Å². The second-order valence-electron chi connectivity index (χ2n) is 4.55. The van der Waals surface area contributed by atoms with E-state index in [1.165, 1.54) is 12.8 Å². The van der Waals surface area contributed by atoms with Crippen LogP contribution in [0.15, 0.2) is 0 Å². The van der Waals surface area contributed by atoms with Crippen molar-refractivity contribution in [3.05, 3.63) is 0 Å². The van der Waals surface area contributed by atoms with Crippen molar-refractivity contribution in [2.45, 2.75) is 45.7 Å². The second kappa shape index (κ2) is 6.86. The molecule has 1 rings (SSSR count). The SMILES string of the molecule is CCC1CN(CCNC(C)=O)C(CC)CN1. The number of hydrogen-bond donors (Lipinski definition) is 2. The molecule has 1 aliphatic heterocycles. The maximum absolute atomic E-state index is 10.8. The van der Waals surface area contributed by atoms with Crippen molar-refractivity contribution in [1.29, 1.82) is 0 Å². The van der Waals surface area contributed by atoms with Gasteiger partial charge in [-0.05, 0) is 12.8 Å². The summed E-state index contributed by atoms with van der Waals surface area (Å²) >= 11 is 0. The van der Waals surface area contributed by atoms with Gasteiger partial charge in [-0.25, -0.2) is 0 Å². The summed E-state index contributed by atoms with van der Waals surface area (Å²) in [5, 5.41) is 6.44. The summed E-state index contributed by atoms with van der Waals surface area (Å²) in [7, 11) is 0. The van der Waals surface area contributed by atoms with Crippen LogP contribution < -0.4 is 10.6 Å². The lowest BCUT2D eigenvalue weighted by Crippen LogP contribution is -2.57. The number of carbonyl (C=O) groups is 1. The van der Waals surface area contributed by atoms with Crippen molar-refractivity contribution in [1.82, 2.24) is 15.5 Å². The van der Waals surface area contributed by atoms with Crippen molar-refractivity contribution in [2.24, 2.45) is 0 Å². The Morgan fingerprint density at radius 3 is 2.75 bits per heavy atom. The van der Waals surface area contributed by atoms with Gasteiger partial charge in [0.2, 0.25) is 5.91 Å². The van der Waals surface area contributed by atoms with Crippen LogP contribution in [0.2, 0.25) is 0 Å². The molecule has 0 aromatic rings. The third-order valence-electron chi connectivity index (χ3n) is 3.35. The number of hydrogen-bond acceptors (Lipinski definition) is 3. The van der Waals surface area contributed by atoms with E-state index in [2.05, 4.69) is 29.4 Å². The average Bonchev–Trinajstić information content (AvgIpc) is 2.28. The number of piperazine rings is 1. The van der Waals surface area contributed by atoms with Crippen LogP contribution in [0.1, 0.15) is 33.6 Å². The van der Waals surface area contributed by atoms with Crippen LogP contribution in [-0.4, -0.2) is 49.1 Å². The van der Waals surface area contributed by atoms with Crippen LogP contribution in [0.25, 0.3) is 0 Å². The van der Waals surface area contributed by atoms with E-state index in [1.807, 2.05) is 0 Å². The minimum Gasteiger partial charge on any atom is -0.355 e. The first-order valence-electron chi connectivity index (χ1n) is 6.39. The molecule has 1 amide bonds. The first-order valence-corrected chi connectivity index (χ1v) is 6.39. The Balaban J connectivity index is 2.36. The molecule has 0 radical (unpaired) electrons. The fourth-order valence-electron chi connectivity index (χ4n) is 2.25. The predicted octanol–water partition coefficient (Wildman–Crippen LogP) is 0.585. The number of nitrogens with one attached hydrogen (secondary N) is 2. The molecule has 1 fully saturated rings. The third kappa shape index (κ3) is 4.10. The van der Waals surface area contributed by atoms with E-state index in [4.69, 9.17) is 0 Å². The highest BCUT2D eigenvalue weighted by atomic mass is 16.1. The first-order chi connectivity index (χ1) is 7.67. The molecular weight excluding hydrogens is 202 g/mol. The summed E-state index contributed by atoms with van der Waals surface area (Å²) < 4.78 is 0. The Kier molecular flexibility index (Phi) is 5.77. The van der Waals surface area contributed by atoms with Crippen LogP contribution in [0, 0.1) is 0 Å². The van der Waals surface area contributed by atoms with E-state index < -0.39 is 0 Å². The highest BCUT2D eigenvalue weighted by Gasteiger charge is 2.24. The van der Waals surface area contributed by atoms with E-state index in [9.17, 15) is 4.79 Å². The molecule has 2 N–H and O–H groups in total. The summed E-state index contributed by atoms with van der Waals surface area (Å²) in [5.74, 6) is 0.0650. The van der Waals surface area contributed by atoms with Crippen LogP contribution >= 0.6 is 0 Å². The zero-order valence-corrected chi connectivity index (χ0v) is 10.8.